The number of benzene rings is 2. The maximum absolute atomic E-state index is 13.0. The second kappa shape index (κ2) is 8.95. The number of halogens is 1. The Morgan fingerprint density at radius 1 is 1.22 bits per heavy atom. The zero-order chi connectivity index (χ0) is 19.2. The highest BCUT2D eigenvalue weighted by molar-refractivity contribution is 9.10. The number of hydrogen-bond acceptors (Lipinski definition) is 4. The summed E-state index contributed by atoms with van der Waals surface area (Å²) in [5.74, 6) is 1.45. The zero-order valence-corrected chi connectivity index (χ0v) is 17.1. The first-order valence-corrected chi connectivity index (χ1v) is 9.90. The van der Waals surface area contributed by atoms with Gasteiger partial charge in [-0.15, -0.1) is 0 Å². The Morgan fingerprint density at radius 3 is 2.85 bits per heavy atom. The molecule has 0 aliphatic carbocycles. The fourth-order valence-corrected chi connectivity index (χ4v) is 3.15. The summed E-state index contributed by atoms with van der Waals surface area (Å²) in [4.78, 5) is 17.7. The smallest absolute Gasteiger partial charge is 0.282 e. The first-order chi connectivity index (χ1) is 13.1. The Balaban J connectivity index is 2.06. The molecule has 0 saturated heterocycles. The minimum Gasteiger partial charge on any atom is -0.494 e. The Kier molecular flexibility index (Phi) is 6.40. The van der Waals surface area contributed by atoms with Crippen molar-refractivity contribution in [1.82, 2.24) is 9.66 Å². The average Bonchev–Trinajstić information content (AvgIpc) is 2.67. The van der Waals surface area contributed by atoms with E-state index in [0.29, 0.717) is 29.8 Å². The monoisotopic (exact) mass is 427 g/mol. The van der Waals surface area contributed by atoms with Crippen LogP contribution in [0.5, 0.6) is 5.75 Å². The minimum atomic E-state index is -0.162. The standard InChI is InChI=1S/C21H22BrN3O2/c1-3-5-9-20-24-19-11-10-16(22)13-18(19)21(26)25(20)23-14-15-7-6-8-17(12-15)27-4-2/h6-8,10-14H,3-5,9H2,1-2H3. The highest BCUT2D eigenvalue weighted by atomic mass is 79.9. The van der Waals surface area contributed by atoms with Crippen molar-refractivity contribution < 1.29 is 4.74 Å². The summed E-state index contributed by atoms with van der Waals surface area (Å²) in [6.07, 6.45) is 4.34. The van der Waals surface area contributed by atoms with Crippen molar-refractivity contribution in [2.24, 2.45) is 5.10 Å². The third-order valence-electron chi connectivity index (χ3n) is 4.12. The van der Waals surface area contributed by atoms with Gasteiger partial charge in [0.2, 0.25) is 0 Å². The third kappa shape index (κ3) is 4.63. The predicted octanol–water partition coefficient (Wildman–Crippen LogP) is 4.78. The van der Waals surface area contributed by atoms with Gasteiger partial charge in [-0.25, -0.2) is 4.98 Å². The van der Waals surface area contributed by atoms with E-state index in [9.17, 15) is 4.79 Å². The Hall–Kier alpha value is -2.47. The van der Waals surface area contributed by atoms with Crippen LogP contribution in [0.3, 0.4) is 0 Å². The van der Waals surface area contributed by atoms with E-state index in [4.69, 9.17) is 4.74 Å². The van der Waals surface area contributed by atoms with Crippen molar-refractivity contribution in [2.75, 3.05) is 6.61 Å². The van der Waals surface area contributed by atoms with Crippen molar-refractivity contribution in [3.05, 3.63) is 68.7 Å². The molecule has 0 bridgehead atoms. The van der Waals surface area contributed by atoms with E-state index in [1.807, 2.05) is 43.3 Å². The average molecular weight is 428 g/mol. The molecule has 0 saturated carbocycles. The summed E-state index contributed by atoms with van der Waals surface area (Å²) in [5.41, 5.74) is 1.40. The molecule has 6 heteroatoms. The number of ether oxygens (including phenoxy) is 1. The van der Waals surface area contributed by atoms with Crippen molar-refractivity contribution >= 4 is 33.0 Å². The molecule has 2 aromatic carbocycles. The van der Waals surface area contributed by atoms with Gasteiger partial charge in [0.05, 0.1) is 23.7 Å². The first kappa shape index (κ1) is 19.3. The van der Waals surface area contributed by atoms with Crippen LogP contribution in [-0.2, 0) is 6.42 Å². The lowest BCUT2D eigenvalue weighted by Gasteiger charge is -2.09. The lowest BCUT2D eigenvalue weighted by atomic mass is 10.2. The number of rotatable bonds is 7. The van der Waals surface area contributed by atoms with E-state index in [-0.39, 0.29) is 5.56 Å². The molecule has 27 heavy (non-hydrogen) atoms. The van der Waals surface area contributed by atoms with Crippen LogP contribution in [0.2, 0.25) is 0 Å². The van der Waals surface area contributed by atoms with Crippen molar-refractivity contribution in [3.8, 4) is 5.75 Å². The second-order valence-electron chi connectivity index (χ2n) is 6.16. The number of unbranched alkanes of at least 4 members (excludes halogenated alkanes) is 1. The van der Waals surface area contributed by atoms with Gasteiger partial charge in [0.1, 0.15) is 11.6 Å². The maximum Gasteiger partial charge on any atom is 0.282 e. The van der Waals surface area contributed by atoms with E-state index in [0.717, 1.165) is 28.6 Å². The Bertz CT molecular complexity index is 1030. The normalized spacial score (nSPS) is 11.4. The Morgan fingerprint density at radius 2 is 2.07 bits per heavy atom. The number of nitrogens with zero attached hydrogens (tertiary/aromatic N) is 3. The Labute approximate surface area is 166 Å². The number of aryl methyl sites for hydroxylation is 1. The molecule has 0 aliphatic heterocycles. The molecule has 1 aromatic heterocycles. The molecule has 0 radical (unpaired) electrons. The summed E-state index contributed by atoms with van der Waals surface area (Å²) in [7, 11) is 0. The number of aromatic nitrogens is 2. The first-order valence-electron chi connectivity index (χ1n) is 9.10. The maximum atomic E-state index is 13.0. The van der Waals surface area contributed by atoms with Gasteiger partial charge in [0.15, 0.2) is 0 Å². The molecule has 0 spiro atoms. The van der Waals surface area contributed by atoms with Gasteiger partial charge in [-0.2, -0.15) is 9.78 Å². The summed E-state index contributed by atoms with van der Waals surface area (Å²) >= 11 is 3.42. The van der Waals surface area contributed by atoms with E-state index in [1.165, 1.54) is 4.68 Å². The molecule has 140 valence electrons. The molecule has 3 rings (SSSR count). The molecule has 0 aliphatic rings. The molecule has 0 N–H and O–H groups in total. The largest absolute Gasteiger partial charge is 0.494 e. The van der Waals surface area contributed by atoms with E-state index in [1.54, 1.807) is 12.3 Å². The van der Waals surface area contributed by atoms with Gasteiger partial charge in [-0.3, -0.25) is 4.79 Å². The lowest BCUT2D eigenvalue weighted by Crippen LogP contribution is -2.22. The van der Waals surface area contributed by atoms with Crippen LogP contribution in [0.1, 0.15) is 38.1 Å². The quantitative estimate of drug-likeness (QED) is 0.509. The van der Waals surface area contributed by atoms with Gasteiger partial charge < -0.3 is 4.74 Å². The second-order valence-corrected chi connectivity index (χ2v) is 7.08. The van der Waals surface area contributed by atoms with Crippen LogP contribution in [0, 0.1) is 0 Å². The molecule has 0 atom stereocenters. The molecule has 0 unspecified atom stereocenters. The van der Waals surface area contributed by atoms with Crippen LogP contribution < -0.4 is 10.3 Å². The molecular weight excluding hydrogens is 406 g/mol. The van der Waals surface area contributed by atoms with Crippen LogP contribution in [-0.4, -0.2) is 22.5 Å². The summed E-state index contributed by atoms with van der Waals surface area (Å²) < 4.78 is 7.78. The molecule has 0 fully saturated rings. The van der Waals surface area contributed by atoms with Gasteiger partial charge in [-0.05, 0) is 49.2 Å². The van der Waals surface area contributed by atoms with Crippen LogP contribution in [0.15, 0.2) is 56.8 Å². The molecule has 1 heterocycles. The SMILES string of the molecule is CCCCc1nc2ccc(Br)cc2c(=O)n1N=Cc1cccc(OCC)c1. The predicted molar refractivity (Wildman–Crippen MR) is 113 cm³/mol. The molecular formula is C21H22BrN3O2. The van der Waals surface area contributed by atoms with E-state index >= 15 is 0 Å². The van der Waals surface area contributed by atoms with E-state index in [2.05, 4.69) is 32.9 Å². The van der Waals surface area contributed by atoms with E-state index < -0.39 is 0 Å². The lowest BCUT2D eigenvalue weighted by molar-refractivity contribution is 0.340. The molecule has 5 nitrogen and oxygen atoms in total. The topological polar surface area (TPSA) is 56.5 Å². The minimum absolute atomic E-state index is 0.162. The highest BCUT2D eigenvalue weighted by Gasteiger charge is 2.10. The third-order valence-corrected chi connectivity index (χ3v) is 4.61. The van der Waals surface area contributed by atoms with Crippen molar-refractivity contribution in [3.63, 3.8) is 0 Å². The summed E-state index contributed by atoms with van der Waals surface area (Å²) in [5, 5.41) is 5.00. The fourth-order valence-electron chi connectivity index (χ4n) is 2.79. The van der Waals surface area contributed by atoms with Gasteiger partial charge in [0, 0.05) is 10.9 Å². The zero-order valence-electron chi connectivity index (χ0n) is 15.5. The van der Waals surface area contributed by atoms with Gasteiger partial charge >= 0.3 is 0 Å². The summed E-state index contributed by atoms with van der Waals surface area (Å²) in [6, 6.07) is 13.2. The van der Waals surface area contributed by atoms with Crippen molar-refractivity contribution in [1.29, 1.82) is 0 Å². The van der Waals surface area contributed by atoms with Crippen LogP contribution in [0.4, 0.5) is 0 Å². The highest BCUT2D eigenvalue weighted by Crippen LogP contribution is 2.17. The summed E-state index contributed by atoms with van der Waals surface area (Å²) in [6.45, 7) is 4.66. The number of fused-ring (bicyclic) bond motifs is 1. The van der Waals surface area contributed by atoms with Gasteiger partial charge in [-0.1, -0.05) is 41.4 Å². The van der Waals surface area contributed by atoms with Crippen molar-refractivity contribution in [2.45, 2.75) is 33.1 Å². The fraction of sp³-hybridized carbons (Fsp3) is 0.286. The van der Waals surface area contributed by atoms with Crippen LogP contribution in [0.25, 0.3) is 10.9 Å². The molecule has 0 amide bonds. The van der Waals surface area contributed by atoms with Gasteiger partial charge in [0.25, 0.3) is 5.56 Å². The van der Waals surface area contributed by atoms with Crippen LogP contribution >= 0.6 is 15.9 Å². The molecule has 3 aromatic rings. The number of hydrogen-bond donors (Lipinski definition) is 0.